The van der Waals surface area contributed by atoms with Gasteiger partial charge in [0, 0.05) is 0 Å². The summed E-state index contributed by atoms with van der Waals surface area (Å²) in [5.74, 6) is 0.626. The van der Waals surface area contributed by atoms with Gasteiger partial charge in [-0.3, -0.25) is 0 Å². The summed E-state index contributed by atoms with van der Waals surface area (Å²) in [4.78, 5) is 0. The molecule has 0 amide bonds. The second-order valence-electron chi connectivity index (χ2n) is 3.03. The average molecular weight is 129 g/mol. The Bertz CT molecular complexity index is 97.1. The molecule has 0 radical (unpaired) electrons. The van der Waals surface area contributed by atoms with Crippen molar-refractivity contribution in [3.8, 4) is 0 Å². The van der Waals surface area contributed by atoms with Crippen molar-refractivity contribution in [1.82, 2.24) is 0 Å². The fraction of sp³-hybridized carbons (Fsp3) is 1.00. The number of rotatable bonds is 3. The zero-order valence-corrected chi connectivity index (χ0v) is 6.18. The van der Waals surface area contributed by atoms with Gasteiger partial charge < -0.3 is 10.5 Å². The van der Waals surface area contributed by atoms with Crippen LogP contribution in [0.5, 0.6) is 0 Å². The molecule has 1 aliphatic rings. The lowest BCUT2D eigenvalue weighted by Crippen LogP contribution is -2.24. The summed E-state index contributed by atoms with van der Waals surface area (Å²) >= 11 is 0. The van der Waals surface area contributed by atoms with Gasteiger partial charge in [0.05, 0.1) is 12.3 Å². The van der Waals surface area contributed by atoms with Crippen molar-refractivity contribution in [3.05, 3.63) is 0 Å². The highest BCUT2D eigenvalue weighted by Crippen LogP contribution is 2.45. The SMILES string of the molecule is CC(C)C1(OCN)CC1. The average Bonchev–Trinajstić information content (AvgIpc) is 2.49. The van der Waals surface area contributed by atoms with Crippen molar-refractivity contribution in [3.63, 3.8) is 0 Å². The van der Waals surface area contributed by atoms with Gasteiger partial charge in [-0.25, -0.2) is 0 Å². The molecule has 0 spiro atoms. The molecule has 9 heavy (non-hydrogen) atoms. The van der Waals surface area contributed by atoms with Crippen LogP contribution in [0.2, 0.25) is 0 Å². The van der Waals surface area contributed by atoms with Crippen LogP contribution in [0.4, 0.5) is 0 Å². The topological polar surface area (TPSA) is 35.2 Å². The monoisotopic (exact) mass is 129 g/mol. The first-order chi connectivity index (χ1) is 4.21. The third-order valence-electron chi connectivity index (χ3n) is 2.17. The predicted octanol–water partition coefficient (Wildman–Crippen LogP) is 1.11. The van der Waals surface area contributed by atoms with E-state index in [-0.39, 0.29) is 5.60 Å². The van der Waals surface area contributed by atoms with Crippen molar-refractivity contribution < 1.29 is 4.74 Å². The molecule has 2 N–H and O–H groups in total. The quantitative estimate of drug-likeness (QED) is 0.579. The first-order valence-corrected chi connectivity index (χ1v) is 3.55. The minimum Gasteiger partial charge on any atom is -0.360 e. The first-order valence-electron chi connectivity index (χ1n) is 3.55. The molecule has 0 saturated heterocycles. The van der Waals surface area contributed by atoms with Crippen LogP contribution >= 0.6 is 0 Å². The Kier molecular flexibility index (Phi) is 1.78. The van der Waals surface area contributed by atoms with Crippen LogP contribution in [0.25, 0.3) is 0 Å². The van der Waals surface area contributed by atoms with E-state index in [0.29, 0.717) is 12.6 Å². The van der Waals surface area contributed by atoms with E-state index in [1.54, 1.807) is 0 Å². The lowest BCUT2D eigenvalue weighted by molar-refractivity contribution is 0.00427. The first kappa shape index (κ1) is 7.03. The normalized spacial score (nSPS) is 22.7. The van der Waals surface area contributed by atoms with E-state index in [4.69, 9.17) is 10.5 Å². The zero-order chi connectivity index (χ0) is 6.91. The van der Waals surface area contributed by atoms with Crippen molar-refractivity contribution in [1.29, 1.82) is 0 Å². The summed E-state index contributed by atoms with van der Waals surface area (Å²) in [5.41, 5.74) is 5.45. The minimum absolute atomic E-state index is 0.175. The van der Waals surface area contributed by atoms with Crippen LogP contribution in [-0.2, 0) is 4.74 Å². The molecule has 1 fully saturated rings. The van der Waals surface area contributed by atoms with Crippen molar-refractivity contribution in [2.75, 3.05) is 6.73 Å². The molecule has 0 aromatic heterocycles. The highest BCUT2D eigenvalue weighted by molar-refractivity contribution is 4.97. The lowest BCUT2D eigenvalue weighted by atomic mass is 10.1. The Hall–Kier alpha value is -0.0800. The van der Waals surface area contributed by atoms with Gasteiger partial charge in [0.1, 0.15) is 0 Å². The van der Waals surface area contributed by atoms with Gasteiger partial charge in [-0.15, -0.1) is 0 Å². The molecule has 2 nitrogen and oxygen atoms in total. The summed E-state index contributed by atoms with van der Waals surface area (Å²) in [5, 5.41) is 0. The van der Waals surface area contributed by atoms with Gasteiger partial charge in [-0.2, -0.15) is 0 Å². The maximum absolute atomic E-state index is 5.38. The highest BCUT2D eigenvalue weighted by Gasteiger charge is 2.46. The Labute approximate surface area is 56.4 Å². The lowest BCUT2D eigenvalue weighted by Gasteiger charge is -2.18. The van der Waals surface area contributed by atoms with E-state index >= 15 is 0 Å². The molecular weight excluding hydrogens is 114 g/mol. The Morgan fingerprint density at radius 3 is 2.22 bits per heavy atom. The third kappa shape index (κ3) is 1.25. The predicted molar refractivity (Wildman–Crippen MR) is 36.9 cm³/mol. The van der Waals surface area contributed by atoms with Crippen molar-refractivity contribution in [2.24, 2.45) is 11.7 Å². The standard InChI is InChI=1S/C7H15NO/c1-6(2)7(3-4-7)9-5-8/h6H,3-5,8H2,1-2H3. The molecule has 1 aliphatic carbocycles. The largest absolute Gasteiger partial charge is 0.360 e. The molecule has 0 unspecified atom stereocenters. The maximum atomic E-state index is 5.38. The highest BCUT2D eigenvalue weighted by atomic mass is 16.5. The van der Waals surface area contributed by atoms with E-state index in [1.165, 1.54) is 12.8 Å². The Morgan fingerprint density at radius 2 is 2.11 bits per heavy atom. The summed E-state index contributed by atoms with van der Waals surface area (Å²) in [6.45, 7) is 4.74. The molecule has 0 aromatic rings. The van der Waals surface area contributed by atoms with E-state index in [0.717, 1.165) is 0 Å². The van der Waals surface area contributed by atoms with Crippen LogP contribution in [0, 0.1) is 5.92 Å². The van der Waals surface area contributed by atoms with Gasteiger partial charge >= 0.3 is 0 Å². The van der Waals surface area contributed by atoms with Gasteiger partial charge in [0.25, 0.3) is 0 Å². The molecule has 0 bridgehead atoms. The summed E-state index contributed by atoms with van der Waals surface area (Å²) in [7, 11) is 0. The van der Waals surface area contributed by atoms with E-state index in [9.17, 15) is 0 Å². The molecule has 0 heterocycles. The molecule has 1 saturated carbocycles. The van der Waals surface area contributed by atoms with Crippen molar-refractivity contribution in [2.45, 2.75) is 32.3 Å². The fourth-order valence-corrected chi connectivity index (χ4v) is 1.18. The van der Waals surface area contributed by atoms with E-state index in [1.807, 2.05) is 0 Å². The molecule has 54 valence electrons. The molecule has 1 rings (SSSR count). The maximum Gasteiger partial charge on any atom is 0.0948 e. The third-order valence-corrected chi connectivity index (χ3v) is 2.17. The van der Waals surface area contributed by atoms with Crippen LogP contribution < -0.4 is 5.73 Å². The number of hydrogen-bond donors (Lipinski definition) is 1. The number of nitrogens with two attached hydrogens (primary N) is 1. The van der Waals surface area contributed by atoms with Gasteiger partial charge in [-0.05, 0) is 18.8 Å². The Morgan fingerprint density at radius 1 is 1.56 bits per heavy atom. The Balaban J connectivity index is 2.33. The second-order valence-corrected chi connectivity index (χ2v) is 3.03. The van der Waals surface area contributed by atoms with Crippen LogP contribution in [0.1, 0.15) is 26.7 Å². The van der Waals surface area contributed by atoms with Gasteiger partial charge in [0.2, 0.25) is 0 Å². The number of ether oxygens (including phenoxy) is 1. The minimum atomic E-state index is 0.175. The van der Waals surface area contributed by atoms with Crippen LogP contribution in [0.15, 0.2) is 0 Å². The van der Waals surface area contributed by atoms with Gasteiger partial charge in [-0.1, -0.05) is 13.8 Å². The molecular formula is C7H15NO. The van der Waals surface area contributed by atoms with Crippen LogP contribution in [0.3, 0.4) is 0 Å². The summed E-state index contributed by atoms with van der Waals surface area (Å²) < 4.78 is 5.38. The molecule has 0 aromatic carbocycles. The van der Waals surface area contributed by atoms with E-state index in [2.05, 4.69) is 13.8 Å². The van der Waals surface area contributed by atoms with Crippen LogP contribution in [-0.4, -0.2) is 12.3 Å². The molecule has 0 aliphatic heterocycles. The second kappa shape index (κ2) is 2.27. The molecule has 0 atom stereocenters. The number of hydrogen-bond acceptors (Lipinski definition) is 2. The van der Waals surface area contributed by atoms with Crippen molar-refractivity contribution >= 4 is 0 Å². The summed E-state index contributed by atoms with van der Waals surface area (Å²) in [6, 6.07) is 0. The van der Waals surface area contributed by atoms with Gasteiger partial charge in [0.15, 0.2) is 0 Å². The van der Waals surface area contributed by atoms with E-state index < -0.39 is 0 Å². The smallest absolute Gasteiger partial charge is 0.0948 e. The summed E-state index contributed by atoms with van der Waals surface area (Å²) in [6.07, 6.45) is 2.39. The fourth-order valence-electron chi connectivity index (χ4n) is 1.18. The zero-order valence-electron chi connectivity index (χ0n) is 6.18. The molecule has 2 heteroatoms.